The van der Waals surface area contributed by atoms with Crippen LogP contribution in [0.1, 0.15) is 107 Å². The monoisotopic (exact) mass is 392 g/mol. The molecule has 4 nitrogen and oxygen atoms in total. The van der Waals surface area contributed by atoms with Gasteiger partial charge in [-0.2, -0.15) is 0 Å². The van der Waals surface area contributed by atoms with Crippen molar-refractivity contribution in [3.8, 4) is 11.5 Å². The molecule has 160 valence electrons. The number of carbonyl (C=O) groups excluding carboxylic acids is 1. The first-order chi connectivity index (χ1) is 13.8. The van der Waals surface area contributed by atoms with Gasteiger partial charge in [-0.15, -0.1) is 0 Å². The molecule has 4 heteroatoms. The highest BCUT2D eigenvalue weighted by Crippen LogP contribution is 2.29. The van der Waals surface area contributed by atoms with Gasteiger partial charge in [-0.05, 0) is 25.0 Å². The van der Waals surface area contributed by atoms with E-state index in [2.05, 4.69) is 13.8 Å². The first-order valence-corrected chi connectivity index (χ1v) is 11.2. The Bertz CT molecular complexity index is 528. The second-order valence-corrected chi connectivity index (χ2v) is 7.51. The van der Waals surface area contributed by atoms with Crippen molar-refractivity contribution in [1.29, 1.82) is 0 Å². The summed E-state index contributed by atoms with van der Waals surface area (Å²) in [4.78, 5) is 11.5. The van der Waals surface area contributed by atoms with E-state index in [-0.39, 0.29) is 6.61 Å². The Balaban J connectivity index is 2.47. The van der Waals surface area contributed by atoms with Crippen LogP contribution in [0.3, 0.4) is 0 Å². The van der Waals surface area contributed by atoms with Gasteiger partial charge in [0.1, 0.15) is 11.5 Å². The smallest absolute Gasteiger partial charge is 0.153 e. The molecule has 0 spiro atoms. The largest absolute Gasteiger partial charge is 0.493 e. The van der Waals surface area contributed by atoms with E-state index in [1.807, 2.05) is 0 Å². The number of unbranched alkanes of at least 4 members (excludes halogenated alkanes) is 10. The molecule has 0 bridgehead atoms. The molecule has 0 heterocycles. The lowest BCUT2D eigenvalue weighted by Gasteiger charge is -2.15. The van der Waals surface area contributed by atoms with E-state index in [1.165, 1.54) is 51.4 Å². The Morgan fingerprint density at radius 3 is 1.75 bits per heavy atom. The predicted molar refractivity (Wildman–Crippen MR) is 115 cm³/mol. The highest BCUT2D eigenvalue weighted by Gasteiger charge is 2.12. The number of rotatable bonds is 18. The van der Waals surface area contributed by atoms with Crippen molar-refractivity contribution in [1.82, 2.24) is 0 Å². The molecule has 0 radical (unpaired) electrons. The topological polar surface area (TPSA) is 55.8 Å². The summed E-state index contributed by atoms with van der Waals surface area (Å²) < 4.78 is 11.7. The average molecular weight is 393 g/mol. The minimum atomic E-state index is -0.127. The van der Waals surface area contributed by atoms with Gasteiger partial charge in [-0.25, -0.2) is 0 Å². The number of benzene rings is 1. The summed E-state index contributed by atoms with van der Waals surface area (Å²) in [5, 5.41) is 9.67. The minimum Gasteiger partial charge on any atom is -0.493 e. The fraction of sp³-hybridized carbons (Fsp3) is 0.708. The van der Waals surface area contributed by atoms with E-state index < -0.39 is 0 Å². The van der Waals surface area contributed by atoms with E-state index in [0.717, 1.165) is 32.0 Å². The fourth-order valence-electron chi connectivity index (χ4n) is 3.22. The second-order valence-electron chi connectivity index (χ2n) is 7.51. The molecule has 0 aromatic heterocycles. The number of hydrogen-bond acceptors (Lipinski definition) is 4. The first kappa shape index (κ1) is 24.5. The lowest BCUT2D eigenvalue weighted by Crippen LogP contribution is -2.05. The molecule has 0 saturated heterocycles. The van der Waals surface area contributed by atoms with Crippen molar-refractivity contribution < 1.29 is 19.4 Å². The summed E-state index contributed by atoms with van der Waals surface area (Å²) in [7, 11) is 0. The van der Waals surface area contributed by atoms with Crippen LogP contribution in [0.2, 0.25) is 0 Å². The Hall–Kier alpha value is -1.55. The quantitative estimate of drug-likeness (QED) is 0.230. The number of carbonyl (C=O) groups is 1. The molecular formula is C24H40O4. The standard InChI is InChI=1S/C24H40O4/c1-3-5-7-9-11-13-15-27-23-17-22(20-26)24(18-21(23)19-25)28-16-14-12-10-8-6-4-2/h17-19,26H,3-16,20H2,1-2H3. The molecule has 1 aromatic carbocycles. The third kappa shape index (κ3) is 10.1. The van der Waals surface area contributed by atoms with E-state index >= 15 is 0 Å². The molecule has 0 aliphatic carbocycles. The first-order valence-electron chi connectivity index (χ1n) is 11.2. The number of hydrogen-bond donors (Lipinski definition) is 1. The molecular weight excluding hydrogens is 352 g/mol. The highest BCUT2D eigenvalue weighted by molar-refractivity contribution is 5.80. The van der Waals surface area contributed by atoms with Crippen LogP contribution in [-0.2, 0) is 6.61 Å². The fourth-order valence-corrected chi connectivity index (χ4v) is 3.22. The van der Waals surface area contributed by atoms with Crippen LogP contribution in [-0.4, -0.2) is 24.6 Å². The molecule has 28 heavy (non-hydrogen) atoms. The molecule has 0 aliphatic heterocycles. The normalized spacial score (nSPS) is 10.8. The van der Waals surface area contributed by atoms with E-state index in [1.54, 1.807) is 12.1 Å². The van der Waals surface area contributed by atoms with Crippen molar-refractivity contribution in [3.05, 3.63) is 23.3 Å². The van der Waals surface area contributed by atoms with Gasteiger partial charge in [0.2, 0.25) is 0 Å². The lowest BCUT2D eigenvalue weighted by atomic mass is 10.1. The highest BCUT2D eigenvalue weighted by atomic mass is 16.5. The minimum absolute atomic E-state index is 0.127. The van der Waals surface area contributed by atoms with Gasteiger partial charge < -0.3 is 14.6 Å². The second kappa shape index (κ2) is 16.4. The Morgan fingerprint density at radius 1 is 0.750 bits per heavy atom. The summed E-state index contributed by atoms with van der Waals surface area (Å²) in [5.41, 5.74) is 1.16. The summed E-state index contributed by atoms with van der Waals surface area (Å²) in [6.07, 6.45) is 15.1. The predicted octanol–water partition coefficient (Wildman–Crippen LogP) is 6.47. The zero-order valence-corrected chi connectivity index (χ0v) is 18.0. The van der Waals surface area contributed by atoms with Crippen molar-refractivity contribution >= 4 is 6.29 Å². The van der Waals surface area contributed by atoms with Gasteiger partial charge in [0.15, 0.2) is 6.29 Å². The SMILES string of the molecule is CCCCCCCCOc1cc(CO)c(OCCCCCCCC)cc1C=O. The third-order valence-electron chi connectivity index (χ3n) is 5.00. The van der Waals surface area contributed by atoms with Crippen LogP contribution < -0.4 is 9.47 Å². The van der Waals surface area contributed by atoms with Crippen molar-refractivity contribution in [2.75, 3.05) is 13.2 Å². The Morgan fingerprint density at radius 2 is 1.25 bits per heavy atom. The van der Waals surface area contributed by atoms with Gasteiger partial charge in [0.05, 0.1) is 25.4 Å². The number of aldehydes is 1. The Kier molecular flexibility index (Phi) is 14.4. The van der Waals surface area contributed by atoms with Crippen LogP contribution in [0.5, 0.6) is 11.5 Å². The zero-order valence-electron chi connectivity index (χ0n) is 18.0. The van der Waals surface area contributed by atoms with Crippen LogP contribution in [0, 0.1) is 0 Å². The molecule has 0 atom stereocenters. The Labute approximate surface area is 171 Å². The zero-order chi connectivity index (χ0) is 20.5. The summed E-state index contributed by atoms with van der Waals surface area (Å²) in [6, 6.07) is 3.45. The number of aliphatic hydroxyl groups excluding tert-OH is 1. The summed E-state index contributed by atoms with van der Waals surface area (Å²) >= 11 is 0. The van der Waals surface area contributed by atoms with Crippen molar-refractivity contribution in [3.63, 3.8) is 0 Å². The maximum absolute atomic E-state index is 11.5. The molecule has 1 rings (SSSR count). The van der Waals surface area contributed by atoms with E-state index in [0.29, 0.717) is 35.8 Å². The maximum Gasteiger partial charge on any atom is 0.153 e. The summed E-state index contributed by atoms with van der Waals surface area (Å²) in [6.45, 7) is 5.50. The van der Waals surface area contributed by atoms with Crippen LogP contribution in [0.4, 0.5) is 0 Å². The van der Waals surface area contributed by atoms with Crippen LogP contribution in [0.15, 0.2) is 12.1 Å². The number of ether oxygens (including phenoxy) is 2. The summed E-state index contributed by atoms with van der Waals surface area (Å²) in [5.74, 6) is 1.13. The average Bonchev–Trinajstić information content (AvgIpc) is 2.72. The molecule has 0 unspecified atom stereocenters. The van der Waals surface area contributed by atoms with Gasteiger partial charge in [-0.3, -0.25) is 4.79 Å². The van der Waals surface area contributed by atoms with E-state index in [9.17, 15) is 9.90 Å². The molecule has 1 N–H and O–H groups in total. The lowest BCUT2D eigenvalue weighted by molar-refractivity contribution is 0.111. The third-order valence-corrected chi connectivity index (χ3v) is 5.00. The maximum atomic E-state index is 11.5. The van der Waals surface area contributed by atoms with Gasteiger partial charge in [-0.1, -0.05) is 78.1 Å². The molecule has 0 saturated carbocycles. The molecule has 0 amide bonds. The van der Waals surface area contributed by atoms with Crippen LogP contribution >= 0.6 is 0 Å². The molecule has 0 fully saturated rings. The van der Waals surface area contributed by atoms with Gasteiger partial charge in [0.25, 0.3) is 0 Å². The van der Waals surface area contributed by atoms with Gasteiger partial charge >= 0.3 is 0 Å². The molecule has 0 aliphatic rings. The van der Waals surface area contributed by atoms with Crippen LogP contribution in [0.25, 0.3) is 0 Å². The van der Waals surface area contributed by atoms with Crippen molar-refractivity contribution in [2.45, 2.75) is 97.5 Å². The molecule has 1 aromatic rings. The van der Waals surface area contributed by atoms with Gasteiger partial charge in [0, 0.05) is 5.56 Å². The number of aliphatic hydroxyl groups is 1. The van der Waals surface area contributed by atoms with E-state index in [4.69, 9.17) is 9.47 Å². The van der Waals surface area contributed by atoms with Crippen molar-refractivity contribution in [2.24, 2.45) is 0 Å².